The second-order valence-electron chi connectivity index (χ2n) is 3.88. The van der Waals surface area contributed by atoms with Crippen LogP contribution in [0.25, 0.3) is 0 Å². The zero-order chi connectivity index (χ0) is 14.0. The lowest BCUT2D eigenvalue weighted by Gasteiger charge is -2.21. The van der Waals surface area contributed by atoms with Gasteiger partial charge in [-0.25, -0.2) is 14.0 Å². The van der Waals surface area contributed by atoms with E-state index < -0.39 is 23.9 Å². The van der Waals surface area contributed by atoms with Crippen molar-refractivity contribution in [2.45, 2.75) is 6.04 Å². The molecule has 1 fully saturated rings. The normalized spacial score (nSPS) is 18.4. The summed E-state index contributed by atoms with van der Waals surface area (Å²) in [6.45, 7) is 0. The van der Waals surface area contributed by atoms with Gasteiger partial charge in [0.25, 0.3) is 0 Å². The molecule has 1 aromatic carbocycles. The molecule has 0 spiro atoms. The van der Waals surface area contributed by atoms with Crippen molar-refractivity contribution in [3.63, 3.8) is 0 Å². The van der Waals surface area contributed by atoms with Crippen LogP contribution in [0.5, 0.6) is 0 Å². The molecule has 1 aliphatic rings. The summed E-state index contributed by atoms with van der Waals surface area (Å²) in [6.07, 6.45) is 0. The maximum Gasteiger partial charge on any atom is 0.327 e. The molecule has 0 saturated carbocycles. The van der Waals surface area contributed by atoms with Crippen LogP contribution in [0.1, 0.15) is 0 Å². The van der Waals surface area contributed by atoms with Gasteiger partial charge in [-0.15, -0.1) is 11.8 Å². The topological polar surface area (TPSA) is 69.6 Å². The number of nitrogens with one attached hydrogen (secondary N) is 1. The Morgan fingerprint density at radius 1 is 1.53 bits per heavy atom. The minimum atomic E-state index is -1.03. The number of anilines is 1. The Bertz CT molecular complexity index is 529. The molecular formula is C11H10BrFN2O3S. The van der Waals surface area contributed by atoms with Crippen LogP contribution in [0.4, 0.5) is 14.9 Å². The molecule has 8 heteroatoms. The SMILES string of the molecule is O=C(O)C1CSCN1C(=O)Nc1ccc(F)cc1Br. The molecule has 0 bridgehead atoms. The molecule has 5 nitrogen and oxygen atoms in total. The molecule has 1 saturated heterocycles. The lowest BCUT2D eigenvalue weighted by Crippen LogP contribution is -2.44. The van der Waals surface area contributed by atoms with Gasteiger partial charge in [-0.05, 0) is 34.1 Å². The number of halogens is 2. The van der Waals surface area contributed by atoms with Gasteiger partial charge in [0.2, 0.25) is 0 Å². The fourth-order valence-electron chi connectivity index (χ4n) is 1.63. The molecule has 2 amide bonds. The molecule has 19 heavy (non-hydrogen) atoms. The van der Waals surface area contributed by atoms with E-state index in [1.807, 2.05) is 0 Å². The van der Waals surface area contributed by atoms with Crippen molar-refractivity contribution in [2.75, 3.05) is 16.9 Å². The first-order valence-corrected chi connectivity index (χ1v) is 7.27. The van der Waals surface area contributed by atoms with Crippen molar-refractivity contribution >= 4 is 45.4 Å². The number of amides is 2. The van der Waals surface area contributed by atoms with Gasteiger partial charge >= 0.3 is 12.0 Å². The Morgan fingerprint density at radius 2 is 2.26 bits per heavy atom. The molecule has 102 valence electrons. The second-order valence-corrected chi connectivity index (χ2v) is 5.73. The van der Waals surface area contributed by atoms with Crippen LogP contribution in [-0.2, 0) is 4.79 Å². The summed E-state index contributed by atoms with van der Waals surface area (Å²) >= 11 is 4.51. The Hall–Kier alpha value is -1.28. The largest absolute Gasteiger partial charge is 0.480 e. The van der Waals surface area contributed by atoms with Crippen LogP contribution in [-0.4, -0.2) is 39.7 Å². The number of carbonyl (C=O) groups excluding carboxylic acids is 1. The van der Waals surface area contributed by atoms with Gasteiger partial charge < -0.3 is 15.3 Å². The van der Waals surface area contributed by atoms with Gasteiger partial charge in [-0.3, -0.25) is 0 Å². The molecule has 0 radical (unpaired) electrons. The van der Waals surface area contributed by atoms with E-state index in [9.17, 15) is 14.0 Å². The zero-order valence-electron chi connectivity index (χ0n) is 9.60. The lowest BCUT2D eigenvalue weighted by molar-refractivity contribution is -0.140. The number of carbonyl (C=O) groups is 2. The molecule has 1 unspecified atom stereocenters. The third-order valence-corrected chi connectivity index (χ3v) is 4.27. The third-order valence-electron chi connectivity index (χ3n) is 2.60. The molecule has 1 aliphatic heterocycles. The van der Waals surface area contributed by atoms with Crippen molar-refractivity contribution in [3.8, 4) is 0 Å². The molecule has 2 N–H and O–H groups in total. The van der Waals surface area contributed by atoms with E-state index in [2.05, 4.69) is 21.2 Å². The molecule has 1 heterocycles. The van der Waals surface area contributed by atoms with Gasteiger partial charge in [-0.1, -0.05) is 0 Å². The van der Waals surface area contributed by atoms with Crippen LogP contribution < -0.4 is 5.32 Å². The van der Waals surface area contributed by atoms with Gasteiger partial charge in [0.1, 0.15) is 11.9 Å². The van der Waals surface area contributed by atoms with E-state index in [-0.39, 0.29) is 0 Å². The molecule has 0 aliphatic carbocycles. The Morgan fingerprint density at radius 3 is 2.89 bits per heavy atom. The number of urea groups is 1. The van der Waals surface area contributed by atoms with Crippen molar-refractivity contribution in [1.82, 2.24) is 4.90 Å². The van der Waals surface area contributed by atoms with Crippen molar-refractivity contribution in [1.29, 1.82) is 0 Å². The number of benzene rings is 1. The highest BCUT2D eigenvalue weighted by Gasteiger charge is 2.34. The average Bonchev–Trinajstić information content (AvgIpc) is 2.82. The van der Waals surface area contributed by atoms with Crippen molar-refractivity contribution in [3.05, 3.63) is 28.5 Å². The first-order chi connectivity index (χ1) is 8.99. The monoisotopic (exact) mass is 348 g/mol. The fourth-order valence-corrected chi connectivity index (χ4v) is 3.22. The predicted octanol–water partition coefficient (Wildman–Crippen LogP) is 2.58. The Kier molecular flexibility index (Phi) is 4.31. The van der Waals surface area contributed by atoms with Crippen molar-refractivity contribution in [2.24, 2.45) is 0 Å². The highest BCUT2D eigenvalue weighted by molar-refractivity contribution is 9.10. The van der Waals surface area contributed by atoms with E-state index in [4.69, 9.17) is 5.11 Å². The summed E-state index contributed by atoms with van der Waals surface area (Å²) in [5.74, 6) is -0.766. The lowest BCUT2D eigenvalue weighted by atomic mass is 10.3. The first kappa shape index (κ1) is 14.1. The molecule has 1 atom stereocenters. The van der Waals surface area contributed by atoms with Crippen LogP contribution in [0.15, 0.2) is 22.7 Å². The van der Waals surface area contributed by atoms with Crippen LogP contribution >= 0.6 is 27.7 Å². The van der Waals surface area contributed by atoms with E-state index in [0.717, 1.165) is 0 Å². The summed E-state index contributed by atoms with van der Waals surface area (Å²) in [7, 11) is 0. The number of hydrogen-bond acceptors (Lipinski definition) is 3. The third kappa shape index (κ3) is 3.19. The van der Waals surface area contributed by atoms with Gasteiger partial charge in [0.15, 0.2) is 0 Å². The average molecular weight is 349 g/mol. The maximum atomic E-state index is 12.9. The minimum absolute atomic E-state index is 0.321. The molecular weight excluding hydrogens is 339 g/mol. The van der Waals surface area contributed by atoms with E-state index >= 15 is 0 Å². The van der Waals surface area contributed by atoms with Crippen LogP contribution in [0.2, 0.25) is 0 Å². The molecule has 0 aromatic heterocycles. The predicted molar refractivity (Wildman–Crippen MR) is 73.7 cm³/mol. The van der Waals surface area contributed by atoms with E-state index in [1.165, 1.54) is 34.9 Å². The number of carboxylic acids is 1. The van der Waals surface area contributed by atoms with E-state index in [1.54, 1.807) is 0 Å². The number of carboxylic acid groups (broad SMARTS) is 1. The fraction of sp³-hybridized carbons (Fsp3) is 0.273. The zero-order valence-corrected chi connectivity index (χ0v) is 12.0. The van der Waals surface area contributed by atoms with Gasteiger partial charge in [-0.2, -0.15) is 0 Å². The number of hydrogen-bond donors (Lipinski definition) is 2. The number of rotatable bonds is 2. The van der Waals surface area contributed by atoms with Crippen LogP contribution in [0.3, 0.4) is 0 Å². The van der Waals surface area contributed by atoms with Gasteiger partial charge in [0, 0.05) is 10.2 Å². The number of nitrogens with zero attached hydrogens (tertiary/aromatic N) is 1. The summed E-state index contributed by atoms with van der Waals surface area (Å²) in [5.41, 5.74) is 0.396. The summed E-state index contributed by atoms with van der Waals surface area (Å²) in [6, 6.07) is 2.52. The summed E-state index contributed by atoms with van der Waals surface area (Å²) in [4.78, 5) is 24.2. The van der Waals surface area contributed by atoms with E-state index in [0.29, 0.717) is 21.8 Å². The molecule has 1 aromatic rings. The van der Waals surface area contributed by atoms with Crippen molar-refractivity contribution < 1.29 is 19.1 Å². The van der Waals surface area contributed by atoms with Gasteiger partial charge in [0.05, 0.1) is 11.6 Å². The maximum absolute atomic E-state index is 12.9. The highest BCUT2D eigenvalue weighted by atomic mass is 79.9. The summed E-state index contributed by atoms with van der Waals surface area (Å²) in [5, 5.41) is 11.6. The highest BCUT2D eigenvalue weighted by Crippen LogP contribution is 2.26. The van der Waals surface area contributed by atoms with Crippen LogP contribution in [0, 0.1) is 5.82 Å². The standard InChI is InChI=1S/C11H10BrFN2O3S/c12-7-3-6(13)1-2-8(7)14-11(18)15-5-19-4-9(15)10(16)17/h1-3,9H,4-5H2,(H,14,18)(H,16,17). The Labute approximate surface area is 121 Å². The summed E-state index contributed by atoms with van der Waals surface area (Å²) < 4.78 is 13.3. The quantitative estimate of drug-likeness (QED) is 0.861. The smallest absolute Gasteiger partial charge is 0.327 e. The Balaban J connectivity index is 2.10. The second kappa shape index (κ2) is 5.79. The number of aliphatic carboxylic acids is 1. The molecule has 2 rings (SSSR count). The number of thioether (sulfide) groups is 1. The minimum Gasteiger partial charge on any atom is -0.480 e. The first-order valence-electron chi connectivity index (χ1n) is 5.32.